The van der Waals surface area contributed by atoms with Crippen LogP contribution in [0.15, 0.2) is 18.2 Å². The number of hydrogen-bond acceptors (Lipinski definition) is 3. The fourth-order valence-electron chi connectivity index (χ4n) is 3.37. The van der Waals surface area contributed by atoms with E-state index in [2.05, 4.69) is 19.2 Å². The Kier molecular flexibility index (Phi) is 6.76. The van der Waals surface area contributed by atoms with Crippen LogP contribution in [0.2, 0.25) is 0 Å². The van der Waals surface area contributed by atoms with Gasteiger partial charge in [0.2, 0.25) is 0 Å². The molecule has 2 rings (SSSR count). The second-order valence-corrected chi connectivity index (χ2v) is 6.44. The molecule has 5 nitrogen and oxygen atoms in total. The highest BCUT2D eigenvalue weighted by Gasteiger charge is 2.28. The molecule has 5 heteroatoms. The number of piperidine rings is 1. The van der Waals surface area contributed by atoms with Crippen LogP contribution in [0, 0.1) is 0 Å². The van der Waals surface area contributed by atoms with E-state index in [0.29, 0.717) is 25.2 Å². The van der Waals surface area contributed by atoms with E-state index in [1.54, 1.807) is 7.11 Å². The van der Waals surface area contributed by atoms with Gasteiger partial charge in [-0.05, 0) is 64.2 Å². The predicted octanol–water partition coefficient (Wildman–Crippen LogP) is 3.61. The van der Waals surface area contributed by atoms with E-state index in [1.807, 2.05) is 30.0 Å². The Hall–Kier alpha value is -1.91. The molecule has 0 bridgehead atoms. The Morgan fingerprint density at radius 2 is 1.96 bits per heavy atom. The summed E-state index contributed by atoms with van der Waals surface area (Å²) in [4.78, 5) is 14.4. The second-order valence-electron chi connectivity index (χ2n) is 6.44. The van der Waals surface area contributed by atoms with Gasteiger partial charge in [-0.3, -0.25) is 0 Å². The Bertz CT molecular complexity index is 537. The van der Waals surface area contributed by atoms with Crippen LogP contribution in [0.1, 0.15) is 45.6 Å². The first-order chi connectivity index (χ1) is 11.6. The number of nitrogens with one attached hydrogen (secondary N) is 1. The average molecular weight is 334 g/mol. The van der Waals surface area contributed by atoms with Crippen LogP contribution in [0.25, 0.3) is 0 Å². The van der Waals surface area contributed by atoms with Crippen molar-refractivity contribution in [3.63, 3.8) is 0 Å². The minimum Gasteiger partial charge on any atom is -0.493 e. The number of hydrogen-bond donors (Lipinski definition) is 1. The van der Waals surface area contributed by atoms with Crippen LogP contribution >= 0.6 is 0 Å². The minimum absolute atomic E-state index is 0.0487. The van der Waals surface area contributed by atoms with Gasteiger partial charge in [-0.15, -0.1) is 0 Å². The molecule has 1 aliphatic heterocycles. The van der Waals surface area contributed by atoms with Crippen molar-refractivity contribution >= 4 is 6.03 Å². The zero-order valence-corrected chi connectivity index (χ0v) is 15.3. The number of urea groups is 1. The summed E-state index contributed by atoms with van der Waals surface area (Å²) in [7, 11) is 1.64. The van der Waals surface area contributed by atoms with Gasteiger partial charge >= 0.3 is 6.03 Å². The lowest BCUT2D eigenvalue weighted by Gasteiger charge is -2.38. The Morgan fingerprint density at radius 1 is 1.25 bits per heavy atom. The first kappa shape index (κ1) is 18.4. The van der Waals surface area contributed by atoms with Crippen LogP contribution in [-0.4, -0.2) is 43.3 Å². The van der Waals surface area contributed by atoms with Gasteiger partial charge in [0.15, 0.2) is 11.5 Å². The van der Waals surface area contributed by atoms with Gasteiger partial charge in [-0.2, -0.15) is 0 Å². The van der Waals surface area contributed by atoms with Gasteiger partial charge in [-0.1, -0.05) is 6.07 Å². The summed E-state index contributed by atoms with van der Waals surface area (Å²) in [6.45, 7) is 7.44. The summed E-state index contributed by atoms with van der Waals surface area (Å²) >= 11 is 0. The third-order valence-corrected chi connectivity index (χ3v) is 4.65. The molecule has 1 saturated heterocycles. The summed E-state index contributed by atoms with van der Waals surface area (Å²) in [6, 6.07) is 6.61. The number of methoxy groups -OCH3 is 1. The van der Waals surface area contributed by atoms with E-state index in [1.165, 1.54) is 6.42 Å². The number of rotatable bonds is 6. The van der Waals surface area contributed by atoms with Gasteiger partial charge in [0.25, 0.3) is 0 Å². The molecule has 1 aromatic carbocycles. The van der Waals surface area contributed by atoms with Crippen molar-refractivity contribution in [2.45, 2.75) is 58.5 Å². The predicted molar refractivity (Wildman–Crippen MR) is 95.9 cm³/mol. The van der Waals surface area contributed by atoms with Gasteiger partial charge < -0.3 is 19.7 Å². The van der Waals surface area contributed by atoms with Crippen molar-refractivity contribution in [2.75, 3.05) is 20.3 Å². The van der Waals surface area contributed by atoms with Crippen LogP contribution in [0.5, 0.6) is 11.5 Å². The first-order valence-electron chi connectivity index (χ1n) is 8.92. The number of nitrogens with zero attached hydrogens (tertiary/aromatic N) is 1. The second kappa shape index (κ2) is 8.81. The molecule has 2 amide bonds. The highest BCUT2D eigenvalue weighted by molar-refractivity contribution is 5.75. The van der Waals surface area contributed by atoms with Crippen LogP contribution in [0.4, 0.5) is 4.79 Å². The summed E-state index contributed by atoms with van der Waals surface area (Å²) < 4.78 is 10.9. The van der Waals surface area contributed by atoms with Crippen molar-refractivity contribution in [3.8, 4) is 11.5 Å². The average Bonchev–Trinajstić information content (AvgIpc) is 2.56. The van der Waals surface area contributed by atoms with Crippen molar-refractivity contribution in [3.05, 3.63) is 23.8 Å². The standard InChI is InChI=1S/C19H30N2O3/c1-5-24-17-10-9-16(13-18(17)23-4)11-12-20-19(22)21-14(2)7-6-8-15(21)3/h9-10,13-15H,5-8,11-12H2,1-4H3,(H,20,22). The molecule has 1 heterocycles. The van der Waals surface area contributed by atoms with Crippen molar-refractivity contribution < 1.29 is 14.3 Å². The van der Waals surface area contributed by atoms with E-state index in [9.17, 15) is 4.79 Å². The fraction of sp³-hybridized carbons (Fsp3) is 0.632. The van der Waals surface area contributed by atoms with E-state index < -0.39 is 0 Å². The molecule has 24 heavy (non-hydrogen) atoms. The molecule has 0 saturated carbocycles. The largest absolute Gasteiger partial charge is 0.493 e. The topological polar surface area (TPSA) is 50.8 Å². The molecule has 1 aromatic rings. The molecule has 2 unspecified atom stereocenters. The summed E-state index contributed by atoms with van der Waals surface area (Å²) in [5.41, 5.74) is 1.12. The third kappa shape index (κ3) is 4.56. The molecule has 2 atom stereocenters. The number of benzene rings is 1. The van der Waals surface area contributed by atoms with Crippen molar-refractivity contribution in [1.29, 1.82) is 0 Å². The normalized spacial score (nSPS) is 20.6. The summed E-state index contributed by atoms with van der Waals surface area (Å²) in [5, 5.41) is 3.05. The van der Waals surface area contributed by atoms with E-state index in [0.717, 1.165) is 36.3 Å². The highest BCUT2D eigenvalue weighted by Crippen LogP contribution is 2.28. The lowest BCUT2D eigenvalue weighted by atomic mass is 9.98. The van der Waals surface area contributed by atoms with Crippen LogP contribution < -0.4 is 14.8 Å². The zero-order chi connectivity index (χ0) is 17.5. The highest BCUT2D eigenvalue weighted by atomic mass is 16.5. The number of likely N-dealkylation sites (tertiary alicyclic amines) is 1. The van der Waals surface area contributed by atoms with Crippen molar-refractivity contribution in [2.24, 2.45) is 0 Å². The first-order valence-corrected chi connectivity index (χ1v) is 8.92. The zero-order valence-electron chi connectivity index (χ0n) is 15.3. The molecular weight excluding hydrogens is 304 g/mol. The van der Waals surface area contributed by atoms with Gasteiger partial charge in [0.1, 0.15) is 0 Å². The molecule has 134 valence electrons. The molecule has 1 aliphatic rings. The lowest BCUT2D eigenvalue weighted by molar-refractivity contribution is 0.123. The smallest absolute Gasteiger partial charge is 0.317 e. The fourth-order valence-corrected chi connectivity index (χ4v) is 3.37. The van der Waals surface area contributed by atoms with Crippen molar-refractivity contribution in [1.82, 2.24) is 10.2 Å². The number of amides is 2. The quantitative estimate of drug-likeness (QED) is 0.864. The number of carbonyl (C=O) groups is 1. The SMILES string of the molecule is CCOc1ccc(CCNC(=O)N2C(C)CCCC2C)cc1OC. The van der Waals surface area contributed by atoms with Gasteiger partial charge in [0.05, 0.1) is 13.7 Å². The molecule has 1 fully saturated rings. The Morgan fingerprint density at radius 3 is 2.58 bits per heavy atom. The molecule has 0 aromatic heterocycles. The Labute approximate surface area is 145 Å². The maximum Gasteiger partial charge on any atom is 0.317 e. The maximum atomic E-state index is 12.4. The molecule has 0 aliphatic carbocycles. The monoisotopic (exact) mass is 334 g/mol. The number of ether oxygens (including phenoxy) is 2. The van der Waals surface area contributed by atoms with Gasteiger partial charge in [0, 0.05) is 18.6 Å². The third-order valence-electron chi connectivity index (χ3n) is 4.65. The minimum atomic E-state index is 0.0487. The van der Waals surface area contributed by atoms with Crippen LogP contribution in [-0.2, 0) is 6.42 Å². The Balaban J connectivity index is 1.88. The van der Waals surface area contributed by atoms with E-state index >= 15 is 0 Å². The lowest BCUT2D eigenvalue weighted by Crippen LogP contribution is -2.52. The van der Waals surface area contributed by atoms with E-state index in [-0.39, 0.29) is 6.03 Å². The molecule has 1 N–H and O–H groups in total. The molecule has 0 spiro atoms. The molecular formula is C19H30N2O3. The van der Waals surface area contributed by atoms with E-state index in [4.69, 9.17) is 9.47 Å². The van der Waals surface area contributed by atoms with Gasteiger partial charge in [-0.25, -0.2) is 4.79 Å². The number of carbonyl (C=O) groups excluding carboxylic acids is 1. The van der Waals surface area contributed by atoms with Crippen LogP contribution in [0.3, 0.4) is 0 Å². The molecule has 0 radical (unpaired) electrons. The summed E-state index contributed by atoms with van der Waals surface area (Å²) in [5.74, 6) is 1.49. The maximum absolute atomic E-state index is 12.4. The summed E-state index contributed by atoms with van der Waals surface area (Å²) in [6.07, 6.45) is 4.16.